The molecule has 0 aliphatic heterocycles. The second-order valence-corrected chi connectivity index (χ2v) is 7.10. The molecule has 0 fully saturated rings. The average molecular weight is 411 g/mol. The Labute approximate surface area is 167 Å². The minimum absolute atomic E-state index is 0.0587. The Balaban J connectivity index is 2.28. The fourth-order valence-corrected chi connectivity index (χ4v) is 3.01. The molecule has 1 aromatic carbocycles. The van der Waals surface area contributed by atoms with Gasteiger partial charge in [0.25, 0.3) is 0 Å². The Morgan fingerprint density at radius 2 is 1.90 bits per heavy atom. The Morgan fingerprint density at radius 1 is 1.24 bits per heavy atom. The molecule has 0 aliphatic rings. The molecule has 2 rings (SSSR count). The normalized spacial score (nSPS) is 12.7. The minimum Gasteiger partial charge on any atom is -0.467 e. The van der Waals surface area contributed by atoms with E-state index in [4.69, 9.17) is 4.74 Å². The van der Waals surface area contributed by atoms with Crippen molar-refractivity contribution in [1.29, 1.82) is 0 Å². The summed E-state index contributed by atoms with van der Waals surface area (Å²) in [6, 6.07) is 4.04. The van der Waals surface area contributed by atoms with E-state index in [0.29, 0.717) is 17.0 Å². The van der Waals surface area contributed by atoms with Crippen molar-refractivity contribution in [2.75, 3.05) is 7.11 Å². The molecule has 1 atom stereocenters. The number of ether oxygens (including phenoxy) is 1. The predicted octanol–water partition coefficient (Wildman–Crippen LogP) is 3.36. The van der Waals surface area contributed by atoms with Gasteiger partial charge in [-0.3, -0.25) is 4.79 Å². The zero-order valence-corrected chi connectivity index (χ0v) is 16.9. The molecule has 1 amide bonds. The van der Waals surface area contributed by atoms with Crippen molar-refractivity contribution in [2.45, 2.75) is 46.3 Å². The van der Waals surface area contributed by atoms with Gasteiger partial charge in [0, 0.05) is 11.3 Å². The van der Waals surface area contributed by atoms with E-state index in [2.05, 4.69) is 10.4 Å². The number of nitrogens with one attached hydrogen (secondary N) is 1. The third kappa shape index (κ3) is 5.16. The maximum atomic E-state index is 13.0. The van der Waals surface area contributed by atoms with Gasteiger partial charge in [-0.1, -0.05) is 19.9 Å². The molecule has 0 saturated carbocycles. The summed E-state index contributed by atoms with van der Waals surface area (Å²) >= 11 is 0. The zero-order chi connectivity index (χ0) is 21.9. The zero-order valence-electron chi connectivity index (χ0n) is 16.9. The van der Waals surface area contributed by atoms with Gasteiger partial charge in [0.05, 0.1) is 30.5 Å². The number of carbonyl (C=O) groups excluding carboxylic acids is 2. The smallest absolute Gasteiger partial charge is 0.416 e. The van der Waals surface area contributed by atoms with E-state index in [9.17, 15) is 22.8 Å². The van der Waals surface area contributed by atoms with E-state index in [1.807, 2.05) is 0 Å². The molecule has 158 valence electrons. The van der Waals surface area contributed by atoms with E-state index in [0.717, 1.165) is 12.1 Å². The molecule has 6 nitrogen and oxygen atoms in total. The highest BCUT2D eigenvalue weighted by Crippen LogP contribution is 2.30. The summed E-state index contributed by atoms with van der Waals surface area (Å²) in [5.41, 5.74) is 1.14. The maximum absolute atomic E-state index is 13.0. The first-order valence-electron chi connectivity index (χ1n) is 9.05. The number of alkyl halides is 3. The van der Waals surface area contributed by atoms with Gasteiger partial charge in [-0.2, -0.15) is 18.3 Å². The van der Waals surface area contributed by atoms with Crippen LogP contribution in [0, 0.1) is 19.8 Å². The molecule has 1 N–H and O–H groups in total. The number of benzene rings is 1. The standard InChI is InChI=1S/C20H24F3N3O3/c1-11(2)18(19(28)29-5)24-17(27)10-16-12(3)25-26(13(16)4)15-8-6-7-14(9-15)20(21,22)23/h6-9,11,18H,10H2,1-5H3,(H,24,27)/t18-/m0/s1. The second kappa shape index (κ2) is 8.67. The summed E-state index contributed by atoms with van der Waals surface area (Å²) in [6.45, 7) is 6.93. The lowest BCUT2D eigenvalue weighted by molar-refractivity contribution is -0.146. The fraction of sp³-hybridized carbons (Fsp3) is 0.450. The Morgan fingerprint density at radius 3 is 2.45 bits per heavy atom. The molecule has 0 saturated heterocycles. The Kier molecular flexibility index (Phi) is 6.71. The van der Waals surface area contributed by atoms with Gasteiger partial charge in [-0.15, -0.1) is 0 Å². The van der Waals surface area contributed by atoms with Crippen molar-refractivity contribution >= 4 is 11.9 Å². The number of nitrogens with zero attached hydrogens (tertiary/aromatic N) is 2. The number of amides is 1. The van der Waals surface area contributed by atoms with Crippen LogP contribution >= 0.6 is 0 Å². The molecule has 1 heterocycles. The van der Waals surface area contributed by atoms with Crippen LogP contribution in [0.3, 0.4) is 0 Å². The lowest BCUT2D eigenvalue weighted by Gasteiger charge is -2.19. The molecule has 2 aromatic rings. The van der Waals surface area contributed by atoms with Gasteiger partial charge in [0.15, 0.2) is 0 Å². The number of carbonyl (C=O) groups is 2. The van der Waals surface area contributed by atoms with Crippen LogP contribution in [0.1, 0.15) is 36.4 Å². The first-order chi connectivity index (χ1) is 13.5. The summed E-state index contributed by atoms with van der Waals surface area (Å²) in [5.74, 6) is -1.10. The van der Waals surface area contributed by atoms with Crippen LogP contribution in [0.4, 0.5) is 13.2 Å². The van der Waals surface area contributed by atoms with Crippen LogP contribution in [0.15, 0.2) is 24.3 Å². The van der Waals surface area contributed by atoms with Gasteiger partial charge in [0.1, 0.15) is 6.04 Å². The van der Waals surface area contributed by atoms with Crippen molar-refractivity contribution in [3.63, 3.8) is 0 Å². The van der Waals surface area contributed by atoms with Crippen molar-refractivity contribution in [1.82, 2.24) is 15.1 Å². The highest BCUT2D eigenvalue weighted by molar-refractivity contribution is 5.86. The molecule has 0 unspecified atom stereocenters. The Bertz CT molecular complexity index is 904. The van der Waals surface area contributed by atoms with Crippen LogP contribution < -0.4 is 5.32 Å². The highest BCUT2D eigenvalue weighted by atomic mass is 19.4. The summed E-state index contributed by atoms with van der Waals surface area (Å²) in [5, 5.41) is 6.95. The SMILES string of the molecule is COC(=O)[C@@H](NC(=O)Cc1c(C)nn(-c2cccc(C(F)(F)F)c2)c1C)C(C)C. The molecule has 0 spiro atoms. The van der Waals surface area contributed by atoms with Gasteiger partial charge < -0.3 is 10.1 Å². The predicted molar refractivity (Wildman–Crippen MR) is 101 cm³/mol. The first kappa shape index (κ1) is 22.4. The third-order valence-corrected chi connectivity index (χ3v) is 4.63. The molecule has 0 bridgehead atoms. The average Bonchev–Trinajstić information content (AvgIpc) is 2.93. The number of hydrogen-bond acceptors (Lipinski definition) is 4. The van der Waals surface area contributed by atoms with Gasteiger partial charge in [0.2, 0.25) is 5.91 Å². The fourth-order valence-electron chi connectivity index (χ4n) is 3.01. The molecule has 0 aliphatic carbocycles. The molecular formula is C20H24F3N3O3. The van der Waals surface area contributed by atoms with Crippen LogP contribution in [0.25, 0.3) is 5.69 Å². The first-order valence-corrected chi connectivity index (χ1v) is 9.05. The number of aryl methyl sites for hydroxylation is 1. The van der Waals surface area contributed by atoms with E-state index in [1.54, 1.807) is 27.7 Å². The van der Waals surface area contributed by atoms with Gasteiger partial charge in [-0.25, -0.2) is 9.48 Å². The number of hydrogen-bond donors (Lipinski definition) is 1. The van der Waals surface area contributed by atoms with Crippen molar-refractivity contribution in [2.24, 2.45) is 5.92 Å². The number of esters is 1. The van der Waals surface area contributed by atoms with E-state index in [1.165, 1.54) is 23.9 Å². The second-order valence-electron chi connectivity index (χ2n) is 7.10. The maximum Gasteiger partial charge on any atom is 0.416 e. The number of rotatable bonds is 6. The van der Waals surface area contributed by atoms with E-state index < -0.39 is 29.7 Å². The van der Waals surface area contributed by atoms with Crippen LogP contribution in [-0.2, 0) is 26.9 Å². The lowest BCUT2D eigenvalue weighted by atomic mass is 10.0. The number of methoxy groups -OCH3 is 1. The van der Waals surface area contributed by atoms with Crippen molar-refractivity contribution < 1.29 is 27.5 Å². The summed E-state index contributed by atoms with van der Waals surface area (Å²) in [7, 11) is 1.25. The summed E-state index contributed by atoms with van der Waals surface area (Å²) in [6.07, 6.45) is -4.52. The molecule has 0 radical (unpaired) electrons. The molecular weight excluding hydrogens is 387 g/mol. The molecule has 9 heteroatoms. The molecule has 29 heavy (non-hydrogen) atoms. The lowest BCUT2D eigenvalue weighted by Crippen LogP contribution is -2.45. The minimum atomic E-state index is -4.46. The summed E-state index contributed by atoms with van der Waals surface area (Å²) < 4.78 is 45.1. The quantitative estimate of drug-likeness (QED) is 0.740. The largest absolute Gasteiger partial charge is 0.467 e. The van der Waals surface area contributed by atoms with E-state index in [-0.39, 0.29) is 18.0 Å². The van der Waals surface area contributed by atoms with E-state index >= 15 is 0 Å². The van der Waals surface area contributed by atoms with Gasteiger partial charge in [-0.05, 0) is 38.0 Å². The van der Waals surface area contributed by atoms with Crippen molar-refractivity contribution in [3.8, 4) is 5.69 Å². The summed E-state index contributed by atoms with van der Waals surface area (Å²) in [4.78, 5) is 24.3. The molecule has 1 aromatic heterocycles. The Hall–Kier alpha value is -2.84. The third-order valence-electron chi connectivity index (χ3n) is 4.63. The van der Waals surface area contributed by atoms with Crippen LogP contribution in [0.5, 0.6) is 0 Å². The number of halogens is 3. The van der Waals surface area contributed by atoms with Crippen molar-refractivity contribution in [3.05, 3.63) is 46.8 Å². The van der Waals surface area contributed by atoms with Gasteiger partial charge >= 0.3 is 12.1 Å². The number of aromatic nitrogens is 2. The highest BCUT2D eigenvalue weighted by Gasteiger charge is 2.31. The monoisotopic (exact) mass is 411 g/mol. The van der Waals surface area contributed by atoms with Crippen LogP contribution in [-0.4, -0.2) is 34.8 Å². The van der Waals surface area contributed by atoms with Crippen LogP contribution in [0.2, 0.25) is 0 Å². The topological polar surface area (TPSA) is 73.2 Å².